The van der Waals surface area contributed by atoms with Crippen LogP contribution in [0, 0.1) is 19.8 Å². The monoisotopic (exact) mass is 375 g/mol. The molecular formula is C20H33N5O2. The van der Waals surface area contributed by atoms with Gasteiger partial charge in [0.25, 0.3) is 0 Å². The van der Waals surface area contributed by atoms with Crippen LogP contribution in [0.4, 0.5) is 5.95 Å². The minimum Gasteiger partial charge on any atom is -0.379 e. The Morgan fingerprint density at radius 1 is 1.11 bits per heavy atom. The zero-order valence-corrected chi connectivity index (χ0v) is 16.7. The highest BCUT2D eigenvalue weighted by Gasteiger charge is 2.23. The lowest BCUT2D eigenvalue weighted by atomic mass is 9.93. The summed E-state index contributed by atoms with van der Waals surface area (Å²) in [5.74, 6) is 1.29. The van der Waals surface area contributed by atoms with Crippen molar-refractivity contribution in [3.05, 3.63) is 17.0 Å². The van der Waals surface area contributed by atoms with E-state index in [2.05, 4.69) is 14.9 Å². The van der Waals surface area contributed by atoms with Gasteiger partial charge in [0.15, 0.2) is 0 Å². The molecular weight excluding hydrogens is 342 g/mol. The van der Waals surface area contributed by atoms with Crippen LogP contribution >= 0.6 is 0 Å². The standard InChI is InChI=1S/C20H33N5O2/c1-15-18(16(2)23-20(21)22-15)3-4-19(26)25-9-6-17(7-10-25)5-8-24-11-13-27-14-12-24/h17H,3-14H2,1-2H3,(H2,21,22,23). The summed E-state index contributed by atoms with van der Waals surface area (Å²) in [7, 11) is 0. The first-order chi connectivity index (χ1) is 13.0. The van der Waals surface area contributed by atoms with Crippen molar-refractivity contribution in [3.63, 3.8) is 0 Å². The number of piperidine rings is 1. The predicted molar refractivity (Wildman–Crippen MR) is 105 cm³/mol. The van der Waals surface area contributed by atoms with Crippen LogP contribution in [0.25, 0.3) is 0 Å². The Morgan fingerprint density at radius 2 is 1.74 bits per heavy atom. The molecule has 0 aliphatic carbocycles. The molecule has 7 nitrogen and oxygen atoms in total. The summed E-state index contributed by atoms with van der Waals surface area (Å²) >= 11 is 0. The maximum Gasteiger partial charge on any atom is 0.222 e. The van der Waals surface area contributed by atoms with Crippen molar-refractivity contribution in [2.45, 2.75) is 46.0 Å². The summed E-state index contributed by atoms with van der Waals surface area (Å²) < 4.78 is 5.41. The number of hydrogen-bond acceptors (Lipinski definition) is 6. The van der Waals surface area contributed by atoms with Gasteiger partial charge in [-0.1, -0.05) is 0 Å². The number of aryl methyl sites for hydroxylation is 2. The van der Waals surface area contributed by atoms with E-state index in [9.17, 15) is 4.79 Å². The highest BCUT2D eigenvalue weighted by molar-refractivity contribution is 5.76. The zero-order valence-electron chi connectivity index (χ0n) is 16.7. The maximum absolute atomic E-state index is 12.6. The van der Waals surface area contributed by atoms with Crippen molar-refractivity contribution >= 4 is 11.9 Å². The number of morpholine rings is 1. The third-order valence-electron chi connectivity index (χ3n) is 5.95. The van der Waals surface area contributed by atoms with Crippen LogP contribution in [-0.4, -0.2) is 71.6 Å². The number of carbonyl (C=O) groups excluding carboxylic acids is 1. The van der Waals surface area contributed by atoms with E-state index in [-0.39, 0.29) is 5.91 Å². The lowest BCUT2D eigenvalue weighted by Crippen LogP contribution is -2.41. The van der Waals surface area contributed by atoms with Gasteiger partial charge in [0.05, 0.1) is 13.2 Å². The number of nitrogens with two attached hydrogens (primary N) is 1. The molecule has 2 N–H and O–H groups in total. The van der Waals surface area contributed by atoms with E-state index in [4.69, 9.17) is 10.5 Å². The first-order valence-electron chi connectivity index (χ1n) is 10.2. The van der Waals surface area contributed by atoms with Crippen molar-refractivity contribution in [1.29, 1.82) is 0 Å². The van der Waals surface area contributed by atoms with Gasteiger partial charge < -0.3 is 15.4 Å². The summed E-state index contributed by atoms with van der Waals surface area (Å²) in [5.41, 5.74) is 8.50. The van der Waals surface area contributed by atoms with Crippen LogP contribution < -0.4 is 5.73 Å². The topological polar surface area (TPSA) is 84.6 Å². The van der Waals surface area contributed by atoms with Gasteiger partial charge in [-0.3, -0.25) is 9.69 Å². The van der Waals surface area contributed by atoms with E-state index in [1.165, 1.54) is 6.42 Å². The molecule has 0 aromatic carbocycles. The fourth-order valence-corrected chi connectivity index (χ4v) is 4.18. The molecule has 2 saturated heterocycles. The molecule has 7 heteroatoms. The molecule has 1 aromatic rings. The van der Waals surface area contributed by atoms with Crippen molar-refractivity contribution < 1.29 is 9.53 Å². The number of nitrogen functional groups attached to an aromatic ring is 1. The average Bonchev–Trinajstić information content (AvgIpc) is 2.66. The van der Waals surface area contributed by atoms with Crippen LogP contribution in [0.15, 0.2) is 0 Å². The summed E-state index contributed by atoms with van der Waals surface area (Å²) in [6, 6.07) is 0. The van der Waals surface area contributed by atoms with Gasteiger partial charge in [-0.25, -0.2) is 9.97 Å². The Bertz CT molecular complexity index is 614. The summed E-state index contributed by atoms with van der Waals surface area (Å²) in [4.78, 5) is 25.6. The molecule has 0 radical (unpaired) electrons. The number of ether oxygens (including phenoxy) is 1. The van der Waals surface area contributed by atoms with Crippen LogP contribution in [-0.2, 0) is 16.0 Å². The SMILES string of the molecule is Cc1nc(N)nc(C)c1CCC(=O)N1CCC(CCN2CCOCC2)CC1. The molecule has 1 aromatic heterocycles. The summed E-state index contributed by atoms with van der Waals surface area (Å²) in [6.45, 7) is 10.7. The van der Waals surface area contributed by atoms with Crippen molar-refractivity contribution in [3.8, 4) is 0 Å². The van der Waals surface area contributed by atoms with Crippen LogP contribution in [0.1, 0.15) is 42.6 Å². The molecule has 3 heterocycles. The highest BCUT2D eigenvalue weighted by Crippen LogP contribution is 2.22. The van der Waals surface area contributed by atoms with Gasteiger partial charge in [0, 0.05) is 44.0 Å². The van der Waals surface area contributed by atoms with Gasteiger partial charge in [-0.2, -0.15) is 0 Å². The molecule has 0 atom stereocenters. The van der Waals surface area contributed by atoms with Gasteiger partial charge in [-0.15, -0.1) is 0 Å². The number of nitrogens with zero attached hydrogens (tertiary/aromatic N) is 4. The molecule has 0 bridgehead atoms. The fourth-order valence-electron chi connectivity index (χ4n) is 4.18. The number of rotatable bonds is 6. The summed E-state index contributed by atoms with van der Waals surface area (Å²) in [6.07, 6.45) is 4.70. The Balaban J connectivity index is 1.39. The number of amides is 1. The maximum atomic E-state index is 12.6. The van der Waals surface area contributed by atoms with E-state index in [0.717, 1.165) is 81.6 Å². The number of aromatic nitrogens is 2. The van der Waals surface area contributed by atoms with E-state index in [1.807, 2.05) is 18.7 Å². The lowest BCUT2D eigenvalue weighted by Gasteiger charge is -2.34. The number of carbonyl (C=O) groups is 1. The molecule has 0 saturated carbocycles. The third-order valence-corrected chi connectivity index (χ3v) is 5.95. The molecule has 0 unspecified atom stereocenters. The second-order valence-electron chi connectivity index (χ2n) is 7.80. The van der Waals surface area contributed by atoms with Crippen molar-refractivity contribution in [2.24, 2.45) is 5.92 Å². The smallest absolute Gasteiger partial charge is 0.222 e. The predicted octanol–water partition coefficient (Wildman–Crippen LogP) is 1.57. The first kappa shape index (κ1) is 20.0. The highest BCUT2D eigenvalue weighted by atomic mass is 16.5. The Labute approximate surface area is 162 Å². The molecule has 1 amide bonds. The number of anilines is 1. The minimum atomic E-state index is 0.247. The second-order valence-corrected chi connectivity index (χ2v) is 7.80. The van der Waals surface area contributed by atoms with Gasteiger partial charge in [0.2, 0.25) is 11.9 Å². The van der Waals surface area contributed by atoms with Crippen LogP contribution in [0.5, 0.6) is 0 Å². The third kappa shape index (κ3) is 5.62. The molecule has 2 aliphatic rings. The molecule has 2 aliphatic heterocycles. The largest absolute Gasteiger partial charge is 0.379 e. The van der Waals surface area contributed by atoms with Crippen LogP contribution in [0.2, 0.25) is 0 Å². The number of hydrogen-bond donors (Lipinski definition) is 1. The number of likely N-dealkylation sites (tertiary alicyclic amines) is 1. The first-order valence-corrected chi connectivity index (χ1v) is 10.2. The molecule has 2 fully saturated rings. The molecule has 0 spiro atoms. The van der Waals surface area contributed by atoms with Crippen molar-refractivity contribution in [1.82, 2.24) is 19.8 Å². The van der Waals surface area contributed by atoms with E-state index in [0.29, 0.717) is 18.8 Å². The van der Waals surface area contributed by atoms with E-state index in [1.54, 1.807) is 0 Å². The Kier molecular flexibility index (Phi) is 7.01. The average molecular weight is 376 g/mol. The van der Waals surface area contributed by atoms with Gasteiger partial charge >= 0.3 is 0 Å². The molecule has 150 valence electrons. The van der Waals surface area contributed by atoms with E-state index >= 15 is 0 Å². The molecule has 27 heavy (non-hydrogen) atoms. The minimum absolute atomic E-state index is 0.247. The van der Waals surface area contributed by atoms with Gasteiger partial charge in [-0.05, 0) is 57.6 Å². The van der Waals surface area contributed by atoms with Crippen LogP contribution in [0.3, 0.4) is 0 Å². The molecule has 3 rings (SSSR count). The fraction of sp³-hybridized carbons (Fsp3) is 0.750. The zero-order chi connectivity index (χ0) is 19.2. The normalized spacial score (nSPS) is 19.4. The Morgan fingerprint density at radius 3 is 2.37 bits per heavy atom. The summed E-state index contributed by atoms with van der Waals surface area (Å²) in [5, 5.41) is 0. The second kappa shape index (κ2) is 9.46. The van der Waals surface area contributed by atoms with Crippen molar-refractivity contribution in [2.75, 3.05) is 51.7 Å². The Hall–Kier alpha value is -1.73. The van der Waals surface area contributed by atoms with Gasteiger partial charge in [0.1, 0.15) is 0 Å². The van der Waals surface area contributed by atoms with E-state index < -0.39 is 0 Å². The quantitative estimate of drug-likeness (QED) is 0.812. The lowest BCUT2D eigenvalue weighted by molar-refractivity contribution is -0.132.